The van der Waals surface area contributed by atoms with Gasteiger partial charge in [-0.2, -0.15) is 5.26 Å². The average molecular weight is 417 g/mol. The van der Waals surface area contributed by atoms with E-state index in [-0.39, 0.29) is 5.91 Å². The van der Waals surface area contributed by atoms with Crippen molar-refractivity contribution in [1.82, 2.24) is 9.97 Å². The summed E-state index contributed by atoms with van der Waals surface area (Å²) in [4.78, 5) is 25.1. The molecule has 0 saturated heterocycles. The van der Waals surface area contributed by atoms with Crippen LogP contribution in [0.3, 0.4) is 0 Å². The maximum Gasteiger partial charge on any atom is 0.260 e. The lowest BCUT2D eigenvalue weighted by Gasteiger charge is -2.20. The highest BCUT2D eigenvalue weighted by molar-refractivity contribution is 7.98. The fourth-order valence-corrected chi connectivity index (χ4v) is 4.55. The molecule has 0 aliphatic carbocycles. The Morgan fingerprint density at radius 1 is 1.17 bits per heavy atom. The Morgan fingerprint density at radius 3 is 2.69 bits per heavy atom. The smallest absolute Gasteiger partial charge is 0.260 e. The number of amides is 1. The van der Waals surface area contributed by atoms with E-state index in [2.05, 4.69) is 11.1 Å². The van der Waals surface area contributed by atoms with Crippen LogP contribution in [0.4, 0.5) is 5.13 Å². The predicted octanol–water partition coefficient (Wildman–Crippen LogP) is 5.13. The molecule has 4 rings (SSSR count). The largest absolute Gasteiger partial charge is 0.279 e. The van der Waals surface area contributed by atoms with Gasteiger partial charge in [-0.05, 0) is 54.3 Å². The number of benzene rings is 2. The third-order valence-electron chi connectivity index (χ3n) is 4.39. The van der Waals surface area contributed by atoms with Crippen LogP contribution in [0.25, 0.3) is 10.2 Å². The normalized spacial score (nSPS) is 10.6. The fourth-order valence-electron chi connectivity index (χ4n) is 2.94. The quantitative estimate of drug-likeness (QED) is 0.422. The average Bonchev–Trinajstić information content (AvgIpc) is 3.22. The number of nitriles is 1. The van der Waals surface area contributed by atoms with E-state index in [0.29, 0.717) is 22.8 Å². The number of aromatic nitrogens is 2. The number of rotatable bonds is 5. The molecule has 29 heavy (non-hydrogen) atoms. The van der Waals surface area contributed by atoms with Gasteiger partial charge in [0.25, 0.3) is 5.91 Å². The summed E-state index contributed by atoms with van der Waals surface area (Å²) in [6.45, 7) is 0.362. The van der Waals surface area contributed by atoms with Crippen molar-refractivity contribution in [3.63, 3.8) is 0 Å². The number of thiazole rings is 1. The minimum absolute atomic E-state index is 0.164. The SMILES string of the molecule is CSc1cccc2sc(N(Cc3cccnc3)C(=O)c3ccc(C#N)cc3)nc12. The Hall–Kier alpha value is -3.21. The first-order chi connectivity index (χ1) is 14.2. The maximum absolute atomic E-state index is 13.4. The number of hydrogen-bond donors (Lipinski definition) is 0. The number of fused-ring (bicyclic) bond motifs is 1. The molecule has 2 heterocycles. The molecule has 0 unspecified atom stereocenters. The van der Waals surface area contributed by atoms with Gasteiger partial charge in [-0.15, -0.1) is 11.8 Å². The van der Waals surface area contributed by atoms with Gasteiger partial charge < -0.3 is 0 Å². The zero-order valence-corrected chi connectivity index (χ0v) is 17.2. The zero-order chi connectivity index (χ0) is 20.2. The minimum atomic E-state index is -0.164. The molecule has 5 nitrogen and oxygen atoms in total. The van der Waals surface area contributed by atoms with Crippen LogP contribution in [-0.2, 0) is 6.54 Å². The van der Waals surface area contributed by atoms with Crippen molar-refractivity contribution < 1.29 is 4.79 Å². The first-order valence-electron chi connectivity index (χ1n) is 8.84. The summed E-state index contributed by atoms with van der Waals surface area (Å²) in [6, 6.07) is 18.6. The van der Waals surface area contributed by atoms with Crippen LogP contribution in [0, 0.1) is 11.3 Å². The van der Waals surface area contributed by atoms with E-state index in [0.717, 1.165) is 20.7 Å². The van der Waals surface area contributed by atoms with Gasteiger partial charge in [0.2, 0.25) is 0 Å². The summed E-state index contributed by atoms with van der Waals surface area (Å²) in [5, 5.41) is 9.66. The van der Waals surface area contributed by atoms with Crippen molar-refractivity contribution in [2.75, 3.05) is 11.2 Å². The van der Waals surface area contributed by atoms with Crippen LogP contribution in [0.1, 0.15) is 21.5 Å². The lowest BCUT2D eigenvalue weighted by Crippen LogP contribution is -2.30. The van der Waals surface area contributed by atoms with Crippen molar-refractivity contribution in [2.24, 2.45) is 0 Å². The molecule has 0 spiro atoms. The predicted molar refractivity (Wildman–Crippen MR) is 117 cm³/mol. The number of pyridine rings is 1. The van der Waals surface area contributed by atoms with E-state index in [1.807, 2.05) is 36.6 Å². The molecule has 0 radical (unpaired) electrons. The number of nitrogens with zero attached hydrogens (tertiary/aromatic N) is 4. The molecule has 0 bridgehead atoms. The number of hydrogen-bond acceptors (Lipinski definition) is 6. The van der Waals surface area contributed by atoms with E-state index in [9.17, 15) is 4.79 Å². The molecule has 0 aliphatic rings. The first-order valence-corrected chi connectivity index (χ1v) is 10.9. The van der Waals surface area contributed by atoms with Crippen LogP contribution in [-0.4, -0.2) is 22.1 Å². The second-order valence-corrected chi connectivity index (χ2v) is 8.10. The molecule has 1 amide bonds. The minimum Gasteiger partial charge on any atom is -0.279 e. The third-order valence-corrected chi connectivity index (χ3v) is 6.20. The molecule has 2 aromatic heterocycles. The summed E-state index contributed by atoms with van der Waals surface area (Å²) in [7, 11) is 0. The number of carbonyl (C=O) groups is 1. The van der Waals surface area contributed by atoms with E-state index < -0.39 is 0 Å². The highest BCUT2D eigenvalue weighted by Crippen LogP contribution is 2.35. The summed E-state index contributed by atoms with van der Waals surface area (Å²) in [5.74, 6) is -0.164. The van der Waals surface area contributed by atoms with E-state index >= 15 is 0 Å². The van der Waals surface area contributed by atoms with Gasteiger partial charge in [0.05, 0.1) is 28.4 Å². The zero-order valence-electron chi connectivity index (χ0n) is 15.6. The standard InChI is InChI=1S/C22H16N4OS2/c1-28-18-5-2-6-19-20(18)25-22(29-19)26(14-16-4-3-11-24-13-16)21(27)17-9-7-15(12-23)8-10-17/h2-11,13H,14H2,1H3. The van der Waals surface area contributed by atoms with Crippen LogP contribution in [0.15, 0.2) is 71.9 Å². The van der Waals surface area contributed by atoms with Crippen molar-refractivity contribution in [3.05, 3.63) is 83.7 Å². The topological polar surface area (TPSA) is 69.9 Å². The van der Waals surface area contributed by atoms with Crippen molar-refractivity contribution in [1.29, 1.82) is 5.26 Å². The van der Waals surface area contributed by atoms with Gasteiger partial charge in [-0.3, -0.25) is 14.7 Å². The Labute approximate surface area is 176 Å². The Balaban J connectivity index is 1.77. The van der Waals surface area contributed by atoms with Crippen LogP contribution < -0.4 is 4.90 Å². The molecular formula is C22H16N4OS2. The lowest BCUT2D eigenvalue weighted by atomic mass is 10.1. The second-order valence-electron chi connectivity index (χ2n) is 6.25. The lowest BCUT2D eigenvalue weighted by molar-refractivity contribution is 0.0985. The van der Waals surface area contributed by atoms with Crippen LogP contribution in [0.2, 0.25) is 0 Å². The van der Waals surface area contributed by atoms with Crippen molar-refractivity contribution in [2.45, 2.75) is 11.4 Å². The highest BCUT2D eigenvalue weighted by Gasteiger charge is 2.22. The molecule has 0 N–H and O–H groups in total. The third kappa shape index (κ3) is 3.99. The molecule has 0 saturated carbocycles. The summed E-state index contributed by atoms with van der Waals surface area (Å²) < 4.78 is 1.04. The summed E-state index contributed by atoms with van der Waals surface area (Å²) in [6.07, 6.45) is 5.47. The molecule has 2 aromatic carbocycles. The number of anilines is 1. The molecule has 7 heteroatoms. The number of para-hydroxylation sites is 1. The molecule has 0 aliphatic heterocycles. The molecule has 0 fully saturated rings. The monoisotopic (exact) mass is 416 g/mol. The van der Waals surface area contributed by atoms with E-state index in [1.165, 1.54) is 11.3 Å². The highest BCUT2D eigenvalue weighted by atomic mass is 32.2. The Bertz CT molecular complexity index is 1200. The van der Waals surface area contributed by atoms with Crippen LogP contribution in [0.5, 0.6) is 0 Å². The van der Waals surface area contributed by atoms with Gasteiger partial charge in [-0.25, -0.2) is 4.98 Å². The van der Waals surface area contributed by atoms with E-state index in [4.69, 9.17) is 10.2 Å². The molecule has 4 aromatic rings. The Kier molecular flexibility index (Phi) is 5.56. The molecule has 142 valence electrons. The van der Waals surface area contributed by atoms with Gasteiger partial charge in [0.15, 0.2) is 5.13 Å². The van der Waals surface area contributed by atoms with Gasteiger partial charge in [-0.1, -0.05) is 23.5 Å². The fraction of sp³-hybridized carbons (Fsp3) is 0.0909. The van der Waals surface area contributed by atoms with E-state index in [1.54, 1.807) is 53.3 Å². The second kappa shape index (κ2) is 8.43. The summed E-state index contributed by atoms with van der Waals surface area (Å²) >= 11 is 3.13. The molecule has 0 atom stereocenters. The Morgan fingerprint density at radius 2 is 2.00 bits per heavy atom. The molecular weight excluding hydrogens is 400 g/mol. The summed E-state index contributed by atoms with van der Waals surface area (Å²) in [5.41, 5.74) is 2.85. The van der Waals surface area contributed by atoms with Crippen LogP contribution >= 0.6 is 23.1 Å². The number of thioether (sulfide) groups is 1. The van der Waals surface area contributed by atoms with Crippen molar-refractivity contribution >= 4 is 44.4 Å². The number of carbonyl (C=O) groups excluding carboxylic acids is 1. The van der Waals surface area contributed by atoms with Crippen molar-refractivity contribution in [3.8, 4) is 6.07 Å². The van der Waals surface area contributed by atoms with Gasteiger partial charge in [0.1, 0.15) is 0 Å². The maximum atomic E-state index is 13.4. The van der Waals surface area contributed by atoms with Gasteiger partial charge >= 0.3 is 0 Å². The van der Waals surface area contributed by atoms with Gasteiger partial charge in [0, 0.05) is 22.9 Å². The first kappa shape index (κ1) is 19.1.